The highest BCUT2D eigenvalue weighted by Crippen LogP contribution is 2.26. The molecule has 1 aromatic rings. The lowest BCUT2D eigenvalue weighted by Gasteiger charge is -2.34. The number of nitrogens with zero attached hydrogens (tertiary/aromatic N) is 3. The average Bonchev–Trinajstić information content (AvgIpc) is 2.49. The van der Waals surface area contributed by atoms with Gasteiger partial charge in [-0.2, -0.15) is 5.26 Å². The van der Waals surface area contributed by atoms with E-state index in [-0.39, 0.29) is 17.6 Å². The molecule has 0 spiro atoms. The molecule has 21 heavy (non-hydrogen) atoms. The molecule has 0 radical (unpaired) electrons. The predicted octanol–water partition coefficient (Wildman–Crippen LogP) is 2.19. The SMILES string of the molecule is CN(C)C(C(=O)N1CCC(C#N)CC1)c1ccccc1F. The van der Waals surface area contributed by atoms with Crippen molar-refractivity contribution in [3.8, 4) is 6.07 Å². The Labute approximate surface area is 124 Å². The van der Waals surface area contributed by atoms with E-state index in [0.717, 1.165) is 0 Å². The number of piperidine rings is 1. The van der Waals surface area contributed by atoms with Gasteiger partial charge in [0.25, 0.3) is 0 Å². The Morgan fingerprint density at radius 2 is 2.00 bits per heavy atom. The largest absolute Gasteiger partial charge is 0.341 e. The molecule has 1 aliphatic heterocycles. The molecule has 1 aliphatic rings. The van der Waals surface area contributed by atoms with Gasteiger partial charge in [-0.1, -0.05) is 18.2 Å². The van der Waals surface area contributed by atoms with Crippen LogP contribution in [-0.4, -0.2) is 42.9 Å². The van der Waals surface area contributed by atoms with E-state index in [1.54, 1.807) is 42.1 Å². The van der Waals surface area contributed by atoms with Gasteiger partial charge in [0.05, 0.1) is 6.07 Å². The summed E-state index contributed by atoms with van der Waals surface area (Å²) in [5.74, 6) is -0.432. The van der Waals surface area contributed by atoms with E-state index in [4.69, 9.17) is 5.26 Å². The summed E-state index contributed by atoms with van der Waals surface area (Å²) < 4.78 is 14.0. The average molecular weight is 289 g/mol. The van der Waals surface area contributed by atoms with Crippen molar-refractivity contribution in [3.05, 3.63) is 35.6 Å². The first-order valence-electron chi connectivity index (χ1n) is 7.14. The van der Waals surface area contributed by atoms with Crippen LogP contribution in [-0.2, 0) is 4.79 Å². The van der Waals surface area contributed by atoms with Crippen molar-refractivity contribution in [2.75, 3.05) is 27.2 Å². The Morgan fingerprint density at radius 1 is 1.38 bits per heavy atom. The second-order valence-corrected chi connectivity index (χ2v) is 5.62. The zero-order chi connectivity index (χ0) is 15.4. The first-order chi connectivity index (χ1) is 10.0. The van der Waals surface area contributed by atoms with Gasteiger partial charge in [0.15, 0.2) is 0 Å². The number of rotatable bonds is 3. The van der Waals surface area contributed by atoms with Gasteiger partial charge in [-0.25, -0.2) is 4.39 Å². The number of carbonyl (C=O) groups is 1. The van der Waals surface area contributed by atoms with Gasteiger partial charge in [-0.15, -0.1) is 0 Å². The van der Waals surface area contributed by atoms with Crippen LogP contribution in [0.5, 0.6) is 0 Å². The predicted molar refractivity (Wildman–Crippen MR) is 77.7 cm³/mol. The van der Waals surface area contributed by atoms with Crippen molar-refractivity contribution in [2.24, 2.45) is 5.92 Å². The molecule has 0 aromatic heterocycles. The van der Waals surface area contributed by atoms with Crippen LogP contribution in [0.4, 0.5) is 4.39 Å². The molecule has 0 aliphatic carbocycles. The summed E-state index contributed by atoms with van der Waals surface area (Å²) in [6, 6.07) is 8.02. The van der Waals surface area contributed by atoms with Gasteiger partial charge in [-0.05, 0) is 33.0 Å². The zero-order valence-corrected chi connectivity index (χ0v) is 12.4. The third kappa shape index (κ3) is 3.40. The van der Waals surface area contributed by atoms with Crippen molar-refractivity contribution < 1.29 is 9.18 Å². The van der Waals surface area contributed by atoms with Crippen molar-refractivity contribution in [2.45, 2.75) is 18.9 Å². The summed E-state index contributed by atoms with van der Waals surface area (Å²) in [5, 5.41) is 8.92. The molecule has 0 bridgehead atoms. The molecule has 112 valence electrons. The lowest BCUT2D eigenvalue weighted by Crippen LogP contribution is -2.44. The van der Waals surface area contributed by atoms with Gasteiger partial charge in [0.1, 0.15) is 11.9 Å². The van der Waals surface area contributed by atoms with E-state index in [2.05, 4.69) is 6.07 Å². The number of halogens is 1. The molecule has 0 N–H and O–H groups in total. The lowest BCUT2D eigenvalue weighted by molar-refractivity contribution is -0.137. The van der Waals surface area contributed by atoms with Gasteiger partial charge in [-0.3, -0.25) is 9.69 Å². The first-order valence-corrected chi connectivity index (χ1v) is 7.14. The number of benzene rings is 1. The summed E-state index contributed by atoms with van der Waals surface area (Å²) in [6.07, 6.45) is 1.39. The Balaban J connectivity index is 2.18. The minimum absolute atomic E-state index is 0.0281. The fourth-order valence-corrected chi connectivity index (χ4v) is 2.73. The van der Waals surface area contributed by atoms with E-state index < -0.39 is 6.04 Å². The Morgan fingerprint density at radius 3 is 2.52 bits per heavy atom. The number of amides is 1. The molecule has 1 atom stereocenters. The van der Waals surface area contributed by atoms with Crippen LogP contribution in [0.3, 0.4) is 0 Å². The quantitative estimate of drug-likeness (QED) is 0.857. The maximum Gasteiger partial charge on any atom is 0.244 e. The van der Waals surface area contributed by atoms with E-state index in [0.29, 0.717) is 31.5 Å². The zero-order valence-electron chi connectivity index (χ0n) is 12.4. The van der Waals surface area contributed by atoms with Crippen LogP contribution >= 0.6 is 0 Å². The maximum absolute atomic E-state index is 14.0. The monoisotopic (exact) mass is 289 g/mol. The molecule has 5 heteroatoms. The first kappa shape index (κ1) is 15.5. The number of carbonyl (C=O) groups excluding carboxylic acids is 1. The number of hydrogen-bond donors (Lipinski definition) is 0. The number of likely N-dealkylation sites (tertiary alicyclic amines) is 1. The third-order valence-electron chi connectivity index (χ3n) is 3.94. The van der Waals surface area contributed by atoms with Crippen LogP contribution < -0.4 is 0 Å². The fourth-order valence-electron chi connectivity index (χ4n) is 2.73. The van der Waals surface area contributed by atoms with Gasteiger partial charge in [0, 0.05) is 24.6 Å². The summed E-state index contributed by atoms with van der Waals surface area (Å²) in [4.78, 5) is 16.2. The van der Waals surface area contributed by atoms with Crippen molar-refractivity contribution >= 4 is 5.91 Å². The van der Waals surface area contributed by atoms with Crippen molar-refractivity contribution in [1.82, 2.24) is 9.80 Å². The van der Waals surface area contributed by atoms with Gasteiger partial charge in [0.2, 0.25) is 5.91 Å². The lowest BCUT2D eigenvalue weighted by atomic mass is 9.96. The molecule has 1 saturated heterocycles. The Bertz CT molecular complexity index is 545. The van der Waals surface area contributed by atoms with Crippen molar-refractivity contribution in [1.29, 1.82) is 5.26 Å². The molecule has 1 unspecified atom stereocenters. The standard InChI is InChI=1S/C16H20FN3O/c1-19(2)15(13-5-3-4-6-14(13)17)16(21)20-9-7-12(11-18)8-10-20/h3-6,12,15H,7-10H2,1-2H3. The summed E-state index contributed by atoms with van der Waals surface area (Å²) >= 11 is 0. The van der Waals surface area contributed by atoms with E-state index in [1.807, 2.05) is 0 Å². The van der Waals surface area contributed by atoms with Gasteiger partial charge < -0.3 is 4.90 Å². The number of hydrogen-bond acceptors (Lipinski definition) is 3. The van der Waals surface area contributed by atoms with Crippen LogP contribution in [0.25, 0.3) is 0 Å². The normalized spacial score (nSPS) is 17.6. The summed E-state index contributed by atoms with van der Waals surface area (Å²) in [7, 11) is 3.55. The van der Waals surface area contributed by atoms with Crippen LogP contribution in [0.2, 0.25) is 0 Å². The van der Waals surface area contributed by atoms with Gasteiger partial charge >= 0.3 is 0 Å². The number of likely N-dealkylation sites (N-methyl/N-ethyl adjacent to an activating group) is 1. The summed E-state index contributed by atoms with van der Waals surface area (Å²) in [6.45, 7) is 1.13. The topological polar surface area (TPSA) is 47.3 Å². The molecule has 1 aromatic carbocycles. The molecule has 2 rings (SSSR count). The molecule has 1 amide bonds. The molecule has 4 nitrogen and oxygen atoms in total. The number of nitriles is 1. The fraction of sp³-hybridized carbons (Fsp3) is 0.500. The minimum atomic E-state index is -0.621. The Hall–Kier alpha value is -1.93. The molecule has 1 fully saturated rings. The van der Waals surface area contributed by atoms with E-state index in [1.165, 1.54) is 6.07 Å². The minimum Gasteiger partial charge on any atom is -0.341 e. The van der Waals surface area contributed by atoms with Crippen LogP contribution in [0.1, 0.15) is 24.4 Å². The second kappa shape index (κ2) is 6.68. The smallest absolute Gasteiger partial charge is 0.244 e. The highest BCUT2D eigenvalue weighted by Gasteiger charge is 2.31. The van der Waals surface area contributed by atoms with Crippen molar-refractivity contribution in [3.63, 3.8) is 0 Å². The third-order valence-corrected chi connectivity index (χ3v) is 3.94. The molecule has 0 saturated carbocycles. The highest BCUT2D eigenvalue weighted by molar-refractivity contribution is 5.83. The van der Waals surface area contributed by atoms with Crippen LogP contribution in [0, 0.1) is 23.1 Å². The Kier molecular flexibility index (Phi) is 4.92. The maximum atomic E-state index is 14.0. The second-order valence-electron chi connectivity index (χ2n) is 5.62. The van der Waals surface area contributed by atoms with E-state index in [9.17, 15) is 9.18 Å². The van der Waals surface area contributed by atoms with Crippen LogP contribution in [0.15, 0.2) is 24.3 Å². The molecular weight excluding hydrogens is 269 g/mol. The molecular formula is C16H20FN3O. The highest BCUT2D eigenvalue weighted by atomic mass is 19.1. The molecule has 1 heterocycles. The summed E-state index contributed by atoms with van der Waals surface area (Å²) in [5.41, 5.74) is 0.398. The van der Waals surface area contributed by atoms with E-state index >= 15 is 0 Å².